The molecule has 1 aliphatic heterocycles. The van der Waals surface area contributed by atoms with Gasteiger partial charge in [0.15, 0.2) is 0 Å². The molecule has 19 heavy (non-hydrogen) atoms. The van der Waals surface area contributed by atoms with Crippen LogP contribution in [0.4, 0.5) is 4.39 Å². The van der Waals surface area contributed by atoms with Gasteiger partial charge >= 0.3 is 0 Å². The minimum absolute atomic E-state index is 0.127. The number of nitrogens with zero attached hydrogens (tertiary/aromatic N) is 1. The number of halogens is 1. The molecular weight excluding hydrogens is 239 g/mol. The van der Waals surface area contributed by atoms with Gasteiger partial charge in [0.05, 0.1) is 0 Å². The van der Waals surface area contributed by atoms with Crippen molar-refractivity contribution in [3.63, 3.8) is 0 Å². The highest BCUT2D eigenvalue weighted by atomic mass is 19.1. The standard InChI is InChI=1S/C16H25FN2/c1-12-6-7-16(17)9-15(12)11-19-8-4-5-14(10-19)13(2)18-3/h6-7,9,13-14,18H,4-5,8,10-11H2,1-3H3. The third-order valence-electron chi connectivity index (χ3n) is 4.41. The molecule has 0 aliphatic carbocycles. The number of aryl methyl sites for hydroxylation is 1. The molecule has 1 fully saturated rings. The normalized spacial score (nSPS) is 22.4. The van der Waals surface area contributed by atoms with Gasteiger partial charge in [0.25, 0.3) is 0 Å². The molecule has 1 saturated heterocycles. The Labute approximate surface area is 116 Å². The number of hydrogen-bond donors (Lipinski definition) is 1. The first-order chi connectivity index (χ1) is 9.10. The molecule has 2 atom stereocenters. The lowest BCUT2D eigenvalue weighted by atomic mass is 9.91. The van der Waals surface area contributed by atoms with Crippen molar-refractivity contribution in [3.05, 3.63) is 35.1 Å². The molecule has 1 heterocycles. The molecule has 3 heteroatoms. The summed E-state index contributed by atoms with van der Waals surface area (Å²) in [5, 5.41) is 3.35. The zero-order chi connectivity index (χ0) is 13.8. The van der Waals surface area contributed by atoms with Gasteiger partial charge in [-0.3, -0.25) is 4.90 Å². The van der Waals surface area contributed by atoms with E-state index in [-0.39, 0.29) is 5.82 Å². The highest BCUT2D eigenvalue weighted by Gasteiger charge is 2.23. The number of rotatable bonds is 4. The lowest BCUT2D eigenvalue weighted by Crippen LogP contribution is -2.43. The third-order valence-corrected chi connectivity index (χ3v) is 4.41. The molecule has 1 aromatic rings. The van der Waals surface area contributed by atoms with Crippen LogP contribution in [0.1, 0.15) is 30.9 Å². The second-order valence-corrected chi connectivity index (χ2v) is 5.79. The quantitative estimate of drug-likeness (QED) is 0.899. The maximum atomic E-state index is 13.3. The zero-order valence-electron chi connectivity index (χ0n) is 12.2. The molecule has 0 radical (unpaired) electrons. The van der Waals surface area contributed by atoms with E-state index in [0.717, 1.165) is 25.2 Å². The van der Waals surface area contributed by atoms with Gasteiger partial charge in [0.2, 0.25) is 0 Å². The van der Waals surface area contributed by atoms with Crippen LogP contribution in [0.15, 0.2) is 18.2 Å². The summed E-state index contributed by atoms with van der Waals surface area (Å²) < 4.78 is 13.3. The van der Waals surface area contributed by atoms with Crippen LogP contribution in [0.5, 0.6) is 0 Å². The van der Waals surface area contributed by atoms with E-state index in [0.29, 0.717) is 12.0 Å². The summed E-state index contributed by atoms with van der Waals surface area (Å²) in [6, 6.07) is 5.65. The molecule has 0 amide bonds. The van der Waals surface area contributed by atoms with E-state index >= 15 is 0 Å². The SMILES string of the molecule is CNC(C)C1CCCN(Cc2cc(F)ccc2C)C1. The van der Waals surface area contributed by atoms with Gasteiger partial charge in [0.1, 0.15) is 5.82 Å². The van der Waals surface area contributed by atoms with Crippen LogP contribution in [0, 0.1) is 18.7 Å². The van der Waals surface area contributed by atoms with E-state index in [9.17, 15) is 4.39 Å². The van der Waals surface area contributed by atoms with E-state index in [4.69, 9.17) is 0 Å². The maximum Gasteiger partial charge on any atom is 0.123 e. The highest BCUT2D eigenvalue weighted by Crippen LogP contribution is 2.22. The van der Waals surface area contributed by atoms with Gasteiger partial charge < -0.3 is 5.32 Å². The molecule has 0 bridgehead atoms. The van der Waals surface area contributed by atoms with E-state index in [2.05, 4.69) is 24.1 Å². The van der Waals surface area contributed by atoms with Crippen molar-refractivity contribution in [2.24, 2.45) is 5.92 Å². The number of likely N-dealkylation sites (tertiary alicyclic amines) is 1. The van der Waals surface area contributed by atoms with Crippen molar-refractivity contribution < 1.29 is 4.39 Å². The molecule has 1 aromatic carbocycles. The summed E-state index contributed by atoms with van der Waals surface area (Å²) in [5.74, 6) is 0.574. The Balaban J connectivity index is 2.00. The number of nitrogens with one attached hydrogen (secondary N) is 1. The Kier molecular flexibility index (Phi) is 4.94. The first-order valence-corrected chi connectivity index (χ1v) is 7.25. The van der Waals surface area contributed by atoms with Crippen LogP contribution in [0.25, 0.3) is 0 Å². The first kappa shape index (κ1) is 14.5. The van der Waals surface area contributed by atoms with Crippen LogP contribution in [0.3, 0.4) is 0 Å². The molecule has 0 saturated carbocycles. The number of piperidine rings is 1. The average Bonchev–Trinajstić information content (AvgIpc) is 2.42. The predicted molar refractivity (Wildman–Crippen MR) is 77.7 cm³/mol. The molecule has 106 valence electrons. The summed E-state index contributed by atoms with van der Waals surface area (Å²) in [7, 11) is 2.03. The Morgan fingerprint density at radius 3 is 3.00 bits per heavy atom. The van der Waals surface area contributed by atoms with Crippen LogP contribution >= 0.6 is 0 Å². The lowest BCUT2D eigenvalue weighted by Gasteiger charge is -2.36. The fraction of sp³-hybridized carbons (Fsp3) is 0.625. The predicted octanol–water partition coefficient (Wildman–Crippen LogP) is 2.95. The van der Waals surface area contributed by atoms with Gasteiger partial charge in [-0.2, -0.15) is 0 Å². The van der Waals surface area contributed by atoms with Crippen molar-refractivity contribution in [1.82, 2.24) is 10.2 Å². The van der Waals surface area contributed by atoms with Gasteiger partial charge in [0, 0.05) is 19.1 Å². The monoisotopic (exact) mass is 264 g/mol. The minimum atomic E-state index is -0.127. The fourth-order valence-electron chi connectivity index (χ4n) is 2.93. The third kappa shape index (κ3) is 3.77. The largest absolute Gasteiger partial charge is 0.317 e. The Bertz CT molecular complexity index is 419. The van der Waals surface area contributed by atoms with Crippen molar-refractivity contribution in [3.8, 4) is 0 Å². The minimum Gasteiger partial charge on any atom is -0.317 e. The molecule has 1 N–H and O–H groups in total. The first-order valence-electron chi connectivity index (χ1n) is 7.25. The molecule has 0 aromatic heterocycles. The van der Waals surface area contributed by atoms with Gasteiger partial charge in [-0.15, -0.1) is 0 Å². The van der Waals surface area contributed by atoms with Crippen LogP contribution in [0.2, 0.25) is 0 Å². The molecule has 2 rings (SSSR count). The molecule has 2 nitrogen and oxygen atoms in total. The summed E-state index contributed by atoms with van der Waals surface area (Å²) in [4.78, 5) is 2.46. The topological polar surface area (TPSA) is 15.3 Å². The van der Waals surface area contributed by atoms with E-state index in [1.54, 1.807) is 12.1 Å². The van der Waals surface area contributed by atoms with Gasteiger partial charge in [-0.25, -0.2) is 4.39 Å². The van der Waals surface area contributed by atoms with Crippen molar-refractivity contribution >= 4 is 0 Å². The molecule has 2 unspecified atom stereocenters. The van der Waals surface area contributed by atoms with E-state index in [1.807, 2.05) is 13.1 Å². The fourth-order valence-corrected chi connectivity index (χ4v) is 2.93. The molecule has 0 spiro atoms. The Hall–Kier alpha value is -0.930. The Morgan fingerprint density at radius 1 is 1.47 bits per heavy atom. The van der Waals surface area contributed by atoms with Crippen LogP contribution in [-0.2, 0) is 6.54 Å². The Morgan fingerprint density at radius 2 is 2.26 bits per heavy atom. The maximum absolute atomic E-state index is 13.3. The van der Waals surface area contributed by atoms with Crippen molar-refractivity contribution in [2.45, 2.75) is 39.3 Å². The van der Waals surface area contributed by atoms with E-state index in [1.165, 1.54) is 18.4 Å². The highest BCUT2D eigenvalue weighted by molar-refractivity contribution is 5.26. The second kappa shape index (κ2) is 6.49. The van der Waals surface area contributed by atoms with Crippen molar-refractivity contribution in [1.29, 1.82) is 0 Å². The summed E-state index contributed by atoms with van der Waals surface area (Å²) in [5.41, 5.74) is 2.31. The summed E-state index contributed by atoms with van der Waals surface area (Å²) >= 11 is 0. The lowest BCUT2D eigenvalue weighted by molar-refractivity contribution is 0.146. The molecule has 1 aliphatic rings. The zero-order valence-corrected chi connectivity index (χ0v) is 12.2. The van der Waals surface area contributed by atoms with Crippen LogP contribution in [-0.4, -0.2) is 31.1 Å². The summed E-state index contributed by atoms with van der Waals surface area (Å²) in [6.45, 7) is 7.42. The number of benzene rings is 1. The average molecular weight is 264 g/mol. The second-order valence-electron chi connectivity index (χ2n) is 5.79. The molecular formula is C16H25FN2. The number of hydrogen-bond acceptors (Lipinski definition) is 2. The van der Waals surface area contributed by atoms with E-state index < -0.39 is 0 Å². The van der Waals surface area contributed by atoms with Crippen molar-refractivity contribution in [2.75, 3.05) is 20.1 Å². The van der Waals surface area contributed by atoms with Crippen LogP contribution < -0.4 is 5.32 Å². The van der Waals surface area contributed by atoms with Gasteiger partial charge in [-0.05, 0) is 69.5 Å². The smallest absolute Gasteiger partial charge is 0.123 e. The van der Waals surface area contributed by atoms with Gasteiger partial charge in [-0.1, -0.05) is 6.07 Å². The summed E-state index contributed by atoms with van der Waals surface area (Å²) in [6.07, 6.45) is 2.53.